The van der Waals surface area contributed by atoms with Gasteiger partial charge in [-0.2, -0.15) is 0 Å². The van der Waals surface area contributed by atoms with Gasteiger partial charge in [0.05, 0.1) is 11.3 Å². The van der Waals surface area contributed by atoms with Gasteiger partial charge in [0.2, 0.25) is 0 Å². The standard InChI is InChI=1S/C14H16N2O2/c1-9-4-3-7-16(9)10-5-6-11-12(8-10)15(2)14(18)13(11)17/h5-6,8-9H,3-4,7H2,1-2H3. The molecule has 0 N–H and O–H groups in total. The van der Waals surface area contributed by atoms with Gasteiger partial charge < -0.3 is 9.80 Å². The van der Waals surface area contributed by atoms with Crippen LogP contribution in [0.15, 0.2) is 18.2 Å². The molecule has 2 heterocycles. The Morgan fingerprint density at radius 2 is 2.06 bits per heavy atom. The van der Waals surface area contributed by atoms with E-state index in [1.54, 1.807) is 13.1 Å². The van der Waals surface area contributed by atoms with E-state index in [9.17, 15) is 9.59 Å². The highest BCUT2D eigenvalue weighted by atomic mass is 16.2. The fourth-order valence-electron chi connectivity index (χ4n) is 2.86. The van der Waals surface area contributed by atoms with Crippen molar-refractivity contribution in [1.82, 2.24) is 0 Å². The van der Waals surface area contributed by atoms with E-state index >= 15 is 0 Å². The summed E-state index contributed by atoms with van der Waals surface area (Å²) in [6, 6.07) is 6.21. The lowest BCUT2D eigenvalue weighted by atomic mass is 10.1. The van der Waals surface area contributed by atoms with Crippen molar-refractivity contribution in [2.75, 3.05) is 23.4 Å². The lowest BCUT2D eigenvalue weighted by Crippen LogP contribution is -2.27. The summed E-state index contributed by atoms with van der Waals surface area (Å²) >= 11 is 0. The Balaban J connectivity index is 2.02. The highest BCUT2D eigenvalue weighted by Crippen LogP contribution is 2.34. The third kappa shape index (κ3) is 1.45. The Morgan fingerprint density at radius 1 is 1.28 bits per heavy atom. The summed E-state index contributed by atoms with van der Waals surface area (Å²) < 4.78 is 0. The normalized spacial score (nSPS) is 22.9. The van der Waals surface area contributed by atoms with Crippen molar-refractivity contribution in [2.45, 2.75) is 25.8 Å². The average Bonchev–Trinajstić information content (AvgIpc) is 2.89. The van der Waals surface area contributed by atoms with E-state index in [2.05, 4.69) is 11.8 Å². The fraction of sp³-hybridized carbons (Fsp3) is 0.429. The van der Waals surface area contributed by atoms with Crippen LogP contribution in [0.5, 0.6) is 0 Å². The number of anilines is 2. The molecule has 1 saturated heterocycles. The highest BCUT2D eigenvalue weighted by molar-refractivity contribution is 6.52. The van der Waals surface area contributed by atoms with Gasteiger partial charge in [-0.25, -0.2) is 0 Å². The number of Topliss-reactive ketones (excluding diaryl/α,β-unsaturated/α-hetero) is 1. The van der Waals surface area contributed by atoms with Gasteiger partial charge in [0.1, 0.15) is 0 Å². The van der Waals surface area contributed by atoms with E-state index in [0.29, 0.717) is 11.6 Å². The van der Waals surface area contributed by atoms with Crippen LogP contribution in [0.3, 0.4) is 0 Å². The summed E-state index contributed by atoms with van der Waals surface area (Å²) in [5, 5.41) is 0. The van der Waals surface area contributed by atoms with E-state index < -0.39 is 11.7 Å². The summed E-state index contributed by atoms with van der Waals surface area (Å²) in [5.74, 6) is -0.829. The Kier molecular flexibility index (Phi) is 2.40. The lowest BCUT2D eigenvalue weighted by molar-refractivity contribution is -0.114. The molecule has 4 heteroatoms. The first-order valence-corrected chi connectivity index (χ1v) is 6.32. The number of carbonyl (C=O) groups excluding carboxylic acids is 2. The molecular weight excluding hydrogens is 228 g/mol. The van der Waals surface area contributed by atoms with Crippen LogP contribution >= 0.6 is 0 Å². The molecule has 1 aromatic carbocycles. The average molecular weight is 244 g/mol. The van der Waals surface area contributed by atoms with E-state index in [1.165, 1.54) is 17.7 Å². The van der Waals surface area contributed by atoms with Crippen molar-refractivity contribution in [3.8, 4) is 0 Å². The number of fused-ring (bicyclic) bond motifs is 1. The van der Waals surface area contributed by atoms with E-state index in [1.807, 2.05) is 12.1 Å². The topological polar surface area (TPSA) is 40.6 Å². The zero-order chi connectivity index (χ0) is 12.9. The zero-order valence-electron chi connectivity index (χ0n) is 10.6. The molecule has 0 aliphatic carbocycles. The number of benzene rings is 1. The summed E-state index contributed by atoms with van der Waals surface area (Å²) in [6.07, 6.45) is 2.40. The molecular formula is C14H16N2O2. The molecule has 1 amide bonds. The Labute approximate surface area is 106 Å². The third-order valence-corrected chi connectivity index (χ3v) is 3.97. The molecule has 0 aromatic heterocycles. The highest BCUT2D eigenvalue weighted by Gasteiger charge is 2.34. The van der Waals surface area contributed by atoms with Gasteiger partial charge in [0.25, 0.3) is 11.7 Å². The number of hydrogen-bond donors (Lipinski definition) is 0. The van der Waals surface area contributed by atoms with Gasteiger partial charge in [0.15, 0.2) is 0 Å². The van der Waals surface area contributed by atoms with Gasteiger partial charge in [0, 0.05) is 25.3 Å². The van der Waals surface area contributed by atoms with Crippen LogP contribution < -0.4 is 9.80 Å². The number of ketones is 1. The van der Waals surface area contributed by atoms with E-state index in [0.717, 1.165) is 17.9 Å². The molecule has 2 aliphatic heterocycles. The van der Waals surface area contributed by atoms with Crippen LogP contribution in [0, 0.1) is 0 Å². The second kappa shape index (κ2) is 3.83. The van der Waals surface area contributed by atoms with Gasteiger partial charge in [-0.15, -0.1) is 0 Å². The maximum absolute atomic E-state index is 11.7. The maximum Gasteiger partial charge on any atom is 0.299 e. The van der Waals surface area contributed by atoms with Crippen molar-refractivity contribution >= 4 is 23.1 Å². The Hall–Kier alpha value is -1.84. The van der Waals surface area contributed by atoms with Crippen molar-refractivity contribution < 1.29 is 9.59 Å². The zero-order valence-corrected chi connectivity index (χ0v) is 10.6. The molecule has 2 aliphatic rings. The molecule has 4 nitrogen and oxygen atoms in total. The minimum Gasteiger partial charge on any atom is -0.369 e. The van der Waals surface area contributed by atoms with Gasteiger partial charge >= 0.3 is 0 Å². The predicted molar refractivity (Wildman–Crippen MR) is 70.2 cm³/mol. The number of likely N-dealkylation sites (N-methyl/N-ethyl adjacent to an activating group) is 1. The molecule has 1 fully saturated rings. The molecule has 1 aromatic rings. The summed E-state index contributed by atoms with van der Waals surface area (Å²) in [6.45, 7) is 3.26. The first kappa shape index (κ1) is 11.3. The summed E-state index contributed by atoms with van der Waals surface area (Å²) in [5.41, 5.74) is 2.37. The summed E-state index contributed by atoms with van der Waals surface area (Å²) in [4.78, 5) is 27.1. The molecule has 1 unspecified atom stereocenters. The van der Waals surface area contributed by atoms with Crippen LogP contribution in [0.4, 0.5) is 11.4 Å². The minimum atomic E-state index is -0.434. The van der Waals surface area contributed by atoms with Crippen LogP contribution in [0.25, 0.3) is 0 Å². The molecule has 0 spiro atoms. The second-order valence-electron chi connectivity index (χ2n) is 5.08. The fourth-order valence-corrected chi connectivity index (χ4v) is 2.86. The van der Waals surface area contributed by atoms with Gasteiger partial charge in [-0.05, 0) is 38.0 Å². The predicted octanol–water partition coefficient (Wildman–Crippen LogP) is 1.83. The van der Waals surface area contributed by atoms with Crippen molar-refractivity contribution in [3.05, 3.63) is 23.8 Å². The molecule has 1 atom stereocenters. The first-order chi connectivity index (χ1) is 8.59. The SMILES string of the molecule is CC1CCCN1c1ccc2c(c1)N(C)C(=O)C2=O. The largest absolute Gasteiger partial charge is 0.369 e. The van der Waals surface area contributed by atoms with Crippen molar-refractivity contribution in [3.63, 3.8) is 0 Å². The molecule has 0 saturated carbocycles. The maximum atomic E-state index is 11.7. The molecule has 0 bridgehead atoms. The van der Waals surface area contributed by atoms with Crippen LogP contribution in [0.2, 0.25) is 0 Å². The number of amides is 1. The van der Waals surface area contributed by atoms with E-state index in [4.69, 9.17) is 0 Å². The van der Waals surface area contributed by atoms with Crippen LogP contribution in [-0.4, -0.2) is 31.3 Å². The van der Waals surface area contributed by atoms with Crippen LogP contribution in [-0.2, 0) is 4.79 Å². The number of nitrogens with zero attached hydrogens (tertiary/aromatic N) is 2. The lowest BCUT2D eigenvalue weighted by Gasteiger charge is -2.24. The first-order valence-electron chi connectivity index (χ1n) is 6.32. The van der Waals surface area contributed by atoms with Gasteiger partial charge in [-0.1, -0.05) is 0 Å². The van der Waals surface area contributed by atoms with Gasteiger partial charge in [-0.3, -0.25) is 9.59 Å². The number of hydrogen-bond acceptors (Lipinski definition) is 3. The third-order valence-electron chi connectivity index (χ3n) is 3.97. The minimum absolute atomic E-state index is 0.395. The molecule has 94 valence electrons. The Morgan fingerprint density at radius 3 is 2.72 bits per heavy atom. The molecule has 18 heavy (non-hydrogen) atoms. The summed E-state index contributed by atoms with van der Waals surface area (Å²) in [7, 11) is 1.66. The molecule has 0 radical (unpaired) electrons. The number of carbonyl (C=O) groups is 2. The second-order valence-corrected chi connectivity index (χ2v) is 5.08. The van der Waals surface area contributed by atoms with Crippen LogP contribution in [0.1, 0.15) is 30.1 Å². The van der Waals surface area contributed by atoms with E-state index in [-0.39, 0.29) is 0 Å². The smallest absolute Gasteiger partial charge is 0.299 e. The molecule has 3 rings (SSSR count). The Bertz CT molecular complexity index is 539. The number of rotatable bonds is 1. The quantitative estimate of drug-likeness (QED) is 0.708. The monoisotopic (exact) mass is 244 g/mol. The van der Waals surface area contributed by atoms with Crippen molar-refractivity contribution in [2.24, 2.45) is 0 Å². The van der Waals surface area contributed by atoms with Crippen molar-refractivity contribution in [1.29, 1.82) is 0 Å².